The van der Waals surface area contributed by atoms with Gasteiger partial charge in [0.2, 0.25) is 5.91 Å². The van der Waals surface area contributed by atoms with Gasteiger partial charge in [-0.05, 0) is 26.0 Å². The SMILES string of the molecule is CCC(=O)Nc1c(C(=O)N(CC)CC)cnn1-c1ccccc1. The van der Waals surface area contributed by atoms with E-state index >= 15 is 0 Å². The van der Waals surface area contributed by atoms with Crippen LogP contribution in [0, 0.1) is 0 Å². The van der Waals surface area contributed by atoms with Crippen molar-refractivity contribution in [2.75, 3.05) is 18.4 Å². The third-order valence-corrected chi connectivity index (χ3v) is 3.63. The molecule has 0 aliphatic carbocycles. The molecule has 0 saturated carbocycles. The van der Waals surface area contributed by atoms with Crippen LogP contribution in [0.4, 0.5) is 5.82 Å². The Bertz CT molecular complexity index is 675. The number of carbonyl (C=O) groups is 2. The van der Waals surface area contributed by atoms with Gasteiger partial charge in [0.15, 0.2) is 0 Å². The lowest BCUT2D eigenvalue weighted by atomic mass is 10.2. The zero-order valence-corrected chi connectivity index (χ0v) is 13.7. The van der Waals surface area contributed by atoms with Crippen molar-refractivity contribution >= 4 is 17.6 Å². The average Bonchev–Trinajstić information content (AvgIpc) is 3.00. The molecular weight excluding hydrogens is 292 g/mol. The van der Waals surface area contributed by atoms with Gasteiger partial charge in [0, 0.05) is 19.5 Å². The average molecular weight is 314 g/mol. The van der Waals surface area contributed by atoms with Gasteiger partial charge in [-0.3, -0.25) is 9.59 Å². The molecule has 0 radical (unpaired) electrons. The van der Waals surface area contributed by atoms with Crippen LogP contribution in [0.1, 0.15) is 37.6 Å². The van der Waals surface area contributed by atoms with E-state index in [0.717, 1.165) is 5.69 Å². The summed E-state index contributed by atoms with van der Waals surface area (Å²) in [6.45, 7) is 6.82. The van der Waals surface area contributed by atoms with E-state index < -0.39 is 0 Å². The second-order valence-corrected chi connectivity index (χ2v) is 5.03. The van der Waals surface area contributed by atoms with Crippen molar-refractivity contribution in [1.29, 1.82) is 0 Å². The Kier molecular flexibility index (Phi) is 5.51. The summed E-state index contributed by atoms with van der Waals surface area (Å²) in [5.41, 5.74) is 1.19. The minimum absolute atomic E-state index is 0.136. The Labute approximate surface area is 136 Å². The van der Waals surface area contributed by atoms with Gasteiger partial charge >= 0.3 is 0 Å². The summed E-state index contributed by atoms with van der Waals surface area (Å²) in [6, 6.07) is 9.42. The third-order valence-electron chi connectivity index (χ3n) is 3.63. The van der Waals surface area contributed by atoms with Crippen molar-refractivity contribution in [1.82, 2.24) is 14.7 Å². The lowest BCUT2D eigenvalue weighted by molar-refractivity contribution is -0.115. The van der Waals surface area contributed by atoms with Crippen LogP contribution in [0.25, 0.3) is 5.69 Å². The molecule has 1 heterocycles. The van der Waals surface area contributed by atoms with Crippen molar-refractivity contribution in [3.05, 3.63) is 42.1 Å². The van der Waals surface area contributed by atoms with E-state index in [2.05, 4.69) is 10.4 Å². The van der Waals surface area contributed by atoms with Gasteiger partial charge in [-0.2, -0.15) is 5.10 Å². The molecule has 0 aliphatic heterocycles. The molecule has 0 fully saturated rings. The topological polar surface area (TPSA) is 67.2 Å². The Morgan fingerprint density at radius 2 is 1.78 bits per heavy atom. The Balaban J connectivity index is 2.49. The molecule has 0 aliphatic rings. The Morgan fingerprint density at radius 1 is 1.13 bits per heavy atom. The molecule has 0 atom stereocenters. The fourth-order valence-corrected chi connectivity index (χ4v) is 2.29. The van der Waals surface area contributed by atoms with E-state index in [1.807, 2.05) is 44.2 Å². The summed E-state index contributed by atoms with van der Waals surface area (Å²) in [7, 11) is 0. The summed E-state index contributed by atoms with van der Waals surface area (Å²) < 4.78 is 1.59. The van der Waals surface area contributed by atoms with Crippen LogP contribution in [0.3, 0.4) is 0 Å². The van der Waals surface area contributed by atoms with E-state index in [9.17, 15) is 9.59 Å². The third kappa shape index (κ3) is 3.59. The lowest BCUT2D eigenvalue weighted by Gasteiger charge is -2.19. The minimum Gasteiger partial charge on any atom is -0.339 e. The maximum Gasteiger partial charge on any atom is 0.259 e. The molecule has 0 saturated heterocycles. The maximum atomic E-state index is 12.7. The number of carbonyl (C=O) groups excluding carboxylic acids is 2. The molecule has 0 spiro atoms. The van der Waals surface area contributed by atoms with Crippen LogP contribution in [-0.2, 0) is 4.79 Å². The highest BCUT2D eigenvalue weighted by Gasteiger charge is 2.22. The van der Waals surface area contributed by atoms with Crippen LogP contribution in [0.15, 0.2) is 36.5 Å². The van der Waals surface area contributed by atoms with E-state index in [0.29, 0.717) is 30.9 Å². The predicted molar refractivity (Wildman–Crippen MR) is 89.7 cm³/mol. The van der Waals surface area contributed by atoms with Crippen molar-refractivity contribution in [2.24, 2.45) is 0 Å². The highest BCUT2D eigenvalue weighted by Crippen LogP contribution is 2.22. The number of benzene rings is 1. The molecule has 23 heavy (non-hydrogen) atoms. The molecule has 122 valence electrons. The van der Waals surface area contributed by atoms with E-state index in [1.165, 1.54) is 6.20 Å². The van der Waals surface area contributed by atoms with E-state index in [1.54, 1.807) is 16.5 Å². The van der Waals surface area contributed by atoms with Gasteiger partial charge in [-0.25, -0.2) is 4.68 Å². The number of nitrogens with zero attached hydrogens (tertiary/aromatic N) is 3. The van der Waals surface area contributed by atoms with E-state index in [4.69, 9.17) is 0 Å². The molecule has 2 amide bonds. The second-order valence-electron chi connectivity index (χ2n) is 5.03. The second kappa shape index (κ2) is 7.58. The fraction of sp³-hybridized carbons (Fsp3) is 0.353. The first-order valence-electron chi connectivity index (χ1n) is 7.84. The number of anilines is 1. The van der Waals surface area contributed by atoms with Crippen molar-refractivity contribution in [3.8, 4) is 5.69 Å². The van der Waals surface area contributed by atoms with Gasteiger partial charge in [0.05, 0.1) is 11.9 Å². The summed E-state index contributed by atoms with van der Waals surface area (Å²) in [5.74, 6) is 0.125. The van der Waals surface area contributed by atoms with Crippen LogP contribution in [-0.4, -0.2) is 39.6 Å². The number of nitrogens with one attached hydrogen (secondary N) is 1. The Hall–Kier alpha value is -2.63. The van der Waals surface area contributed by atoms with Crippen LogP contribution >= 0.6 is 0 Å². The summed E-state index contributed by atoms with van der Waals surface area (Å²) in [6.07, 6.45) is 1.85. The highest BCUT2D eigenvalue weighted by atomic mass is 16.2. The fourth-order valence-electron chi connectivity index (χ4n) is 2.29. The van der Waals surface area contributed by atoms with Gasteiger partial charge in [0.1, 0.15) is 11.4 Å². The van der Waals surface area contributed by atoms with Crippen LogP contribution in [0.2, 0.25) is 0 Å². The number of amides is 2. The molecule has 0 bridgehead atoms. The van der Waals surface area contributed by atoms with Gasteiger partial charge < -0.3 is 10.2 Å². The first-order chi connectivity index (χ1) is 11.1. The standard InChI is InChI=1S/C17H22N4O2/c1-4-15(22)19-16-14(17(23)20(5-2)6-3)12-18-21(16)13-10-8-7-9-11-13/h7-12H,4-6H2,1-3H3,(H,19,22). The maximum absolute atomic E-state index is 12.7. The summed E-state index contributed by atoms with van der Waals surface area (Å²) in [5, 5.41) is 7.11. The van der Waals surface area contributed by atoms with Crippen molar-refractivity contribution in [3.63, 3.8) is 0 Å². The van der Waals surface area contributed by atoms with Gasteiger partial charge in [-0.1, -0.05) is 25.1 Å². The lowest BCUT2D eigenvalue weighted by Crippen LogP contribution is -2.31. The highest BCUT2D eigenvalue weighted by molar-refractivity contribution is 6.03. The summed E-state index contributed by atoms with van der Waals surface area (Å²) >= 11 is 0. The molecule has 1 aromatic carbocycles. The van der Waals surface area contributed by atoms with Gasteiger partial charge in [-0.15, -0.1) is 0 Å². The van der Waals surface area contributed by atoms with Crippen LogP contribution in [0.5, 0.6) is 0 Å². The van der Waals surface area contributed by atoms with E-state index in [-0.39, 0.29) is 11.8 Å². The Morgan fingerprint density at radius 3 is 2.35 bits per heavy atom. The number of hydrogen-bond donors (Lipinski definition) is 1. The first kappa shape index (κ1) is 16.7. The number of hydrogen-bond acceptors (Lipinski definition) is 3. The zero-order chi connectivity index (χ0) is 16.8. The number of aromatic nitrogens is 2. The van der Waals surface area contributed by atoms with Crippen molar-refractivity contribution in [2.45, 2.75) is 27.2 Å². The number of para-hydroxylation sites is 1. The molecule has 6 nitrogen and oxygen atoms in total. The molecular formula is C17H22N4O2. The van der Waals surface area contributed by atoms with Crippen LogP contribution < -0.4 is 5.32 Å². The molecule has 6 heteroatoms. The molecule has 1 N–H and O–H groups in total. The smallest absolute Gasteiger partial charge is 0.259 e. The minimum atomic E-state index is -0.156. The van der Waals surface area contributed by atoms with Crippen molar-refractivity contribution < 1.29 is 9.59 Å². The molecule has 0 unspecified atom stereocenters. The predicted octanol–water partition coefficient (Wildman–Crippen LogP) is 2.70. The quantitative estimate of drug-likeness (QED) is 0.891. The largest absolute Gasteiger partial charge is 0.339 e. The first-order valence-corrected chi connectivity index (χ1v) is 7.84. The molecule has 1 aromatic heterocycles. The van der Waals surface area contributed by atoms with Gasteiger partial charge in [0.25, 0.3) is 5.91 Å². The summed E-state index contributed by atoms with van der Waals surface area (Å²) in [4.78, 5) is 26.2. The number of rotatable bonds is 6. The normalized spacial score (nSPS) is 10.4. The monoisotopic (exact) mass is 314 g/mol. The molecule has 2 rings (SSSR count). The zero-order valence-electron chi connectivity index (χ0n) is 13.7. The molecule has 2 aromatic rings.